The van der Waals surface area contributed by atoms with E-state index >= 15 is 0 Å². The van der Waals surface area contributed by atoms with E-state index in [-0.39, 0.29) is 29.5 Å². The van der Waals surface area contributed by atoms with E-state index in [1.54, 1.807) is 36.4 Å². The fourth-order valence-electron chi connectivity index (χ4n) is 2.54. The molecular weight excluding hydrogens is 374 g/mol. The van der Waals surface area contributed by atoms with Crippen LogP contribution in [0.2, 0.25) is 0 Å². The van der Waals surface area contributed by atoms with Crippen LogP contribution in [0.5, 0.6) is 11.5 Å². The van der Waals surface area contributed by atoms with Crippen molar-refractivity contribution in [2.45, 2.75) is 26.3 Å². The molecule has 0 bridgehead atoms. The van der Waals surface area contributed by atoms with Gasteiger partial charge in [-0.15, -0.1) is 0 Å². The van der Waals surface area contributed by atoms with Gasteiger partial charge in [-0.25, -0.2) is 9.59 Å². The molecule has 0 aliphatic rings. The second-order valence-electron chi connectivity index (χ2n) is 6.51. The maximum atomic E-state index is 12.2. The molecule has 7 heteroatoms. The number of benzene rings is 2. The van der Waals surface area contributed by atoms with Gasteiger partial charge in [-0.05, 0) is 43.7 Å². The van der Waals surface area contributed by atoms with Crippen molar-refractivity contribution in [1.29, 1.82) is 0 Å². The lowest BCUT2D eigenvalue weighted by Gasteiger charge is -2.11. The largest absolute Gasteiger partial charge is 0.482 e. The van der Waals surface area contributed by atoms with Crippen molar-refractivity contribution in [1.82, 2.24) is 5.32 Å². The van der Waals surface area contributed by atoms with Crippen molar-refractivity contribution < 1.29 is 23.5 Å². The fourth-order valence-corrected chi connectivity index (χ4v) is 2.54. The van der Waals surface area contributed by atoms with Crippen LogP contribution in [0.25, 0.3) is 11.0 Å². The first-order valence-corrected chi connectivity index (χ1v) is 9.23. The molecule has 0 fully saturated rings. The molecule has 0 aliphatic heterocycles. The fraction of sp³-hybridized carbons (Fsp3) is 0.227. The molecular formula is C22H21NO6. The SMILES string of the molecule is CCC(C)NC(=O)c1cc2ccc(OC(=O)COc3ccccc3)cc2oc1=O. The first kappa shape index (κ1) is 20.1. The van der Waals surface area contributed by atoms with Gasteiger partial charge in [-0.2, -0.15) is 0 Å². The molecule has 0 aliphatic carbocycles. The number of esters is 1. The minimum absolute atomic E-state index is 0.0579. The van der Waals surface area contributed by atoms with Crippen LogP contribution < -0.4 is 20.4 Å². The molecule has 1 heterocycles. The molecule has 0 saturated heterocycles. The summed E-state index contributed by atoms with van der Waals surface area (Å²) in [6.07, 6.45) is 0.743. The van der Waals surface area contributed by atoms with Crippen molar-refractivity contribution in [2.24, 2.45) is 0 Å². The van der Waals surface area contributed by atoms with Gasteiger partial charge in [0.2, 0.25) is 0 Å². The zero-order valence-electron chi connectivity index (χ0n) is 16.1. The Morgan fingerprint density at radius 2 is 1.83 bits per heavy atom. The minimum Gasteiger partial charge on any atom is -0.482 e. The molecule has 0 saturated carbocycles. The Balaban J connectivity index is 1.71. The third kappa shape index (κ3) is 5.22. The zero-order valence-corrected chi connectivity index (χ0v) is 16.1. The Morgan fingerprint density at radius 3 is 2.55 bits per heavy atom. The van der Waals surface area contributed by atoms with Gasteiger partial charge in [0.1, 0.15) is 22.6 Å². The second-order valence-corrected chi connectivity index (χ2v) is 6.51. The molecule has 150 valence electrons. The number of amides is 1. The normalized spacial score (nSPS) is 11.7. The predicted molar refractivity (Wildman–Crippen MR) is 107 cm³/mol. The molecule has 3 aromatic rings. The lowest BCUT2D eigenvalue weighted by molar-refractivity contribution is -0.136. The highest BCUT2D eigenvalue weighted by molar-refractivity contribution is 5.97. The molecule has 1 N–H and O–H groups in total. The molecule has 0 spiro atoms. The lowest BCUT2D eigenvalue weighted by Crippen LogP contribution is -2.34. The number of carbonyl (C=O) groups is 2. The number of hydrogen-bond acceptors (Lipinski definition) is 6. The van der Waals surface area contributed by atoms with Gasteiger partial charge >= 0.3 is 11.6 Å². The maximum absolute atomic E-state index is 12.2. The van der Waals surface area contributed by atoms with E-state index in [0.29, 0.717) is 11.1 Å². The van der Waals surface area contributed by atoms with Crippen LogP contribution >= 0.6 is 0 Å². The second kappa shape index (κ2) is 9.05. The predicted octanol–water partition coefficient (Wildman–Crippen LogP) is 3.31. The topological polar surface area (TPSA) is 94.8 Å². The monoisotopic (exact) mass is 395 g/mol. The third-order valence-electron chi connectivity index (χ3n) is 4.27. The number of nitrogens with one attached hydrogen (secondary N) is 1. The van der Waals surface area contributed by atoms with E-state index in [0.717, 1.165) is 6.42 Å². The first-order chi connectivity index (χ1) is 14.0. The summed E-state index contributed by atoms with van der Waals surface area (Å²) in [5.41, 5.74) is -0.614. The number of para-hydroxylation sites is 1. The summed E-state index contributed by atoms with van der Waals surface area (Å²) in [5.74, 6) is -0.319. The van der Waals surface area contributed by atoms with E-state index in [1.165, 1.54) is 12.1 Å². The highest BCUT2D eigenvalue weighted by Gasteiger charge is 2.16. The zero-order chi connectivity index (χ0) is 20.8. The van der Waals surface area contributed by atoms with Crippen LogP contribution in [-0.2, 0) is 4.79 Å². The number of ether oxygens (including phenoxy) is 2. The van der Waals surface area contributed by atoms with Crippen molar-refractivity contribution in [3.05, 3.63) is 70.6 Å². The van der Waals surface area contributed by atoms with Crippen molar-refractivity contribution in [3.63, 3.8) is 0 Å². The summed E-state index contributed by atoms with van der Waals surface area (Å²) in [6, 6.07) is 14.9. The standard InChI is InChI=1S/C22H21NO6/c1-3-14(2)23-21(25)18-11-15-9-10-17(12-19(15)29-22(18)26)28-20(24)13-27-16-7-5-4-6-8-16/h4-12,14H,3,13H2,1-2H3,(H,23,25). The van der Waals surface area contributed by atoms with Gasteiger partial charge in [0.25, 0.3) is 5.91 Å². The van der Waals surface area contributed by atoms with Crippen LogP contribution in [0, 0.1) is 0 Å². The average Bonchev–Trinajstić information content (AvgIpc) is 2.72. The van der Waals surface area contributed by atoms with Crippen LogP contribution in [0.1, 0.15) is 30.6 Å². The van der Waals surface area contributed by atoms with Gasteiger partial charge in [0.05, 0.1) is 0 Å². The van der Waals surface area contributed by atoms with E-state index < -0.39 is 17.5 Å². The van der Waals surface area contributed by atoms with E-state index in [2.05, 4.69) is 5.32 Å². The van der Waals surface area contributed by atoms with Crippen LogP contribution in [0.3, 0.4) is 0 Å². The molecule has 7 nitrogen and oxygen atoms in total. The summed E-state index contributed by atoms with van der Waals surface area (Å²) in [5, 5.41) is 3.28. The van der Waals surface area contributed by atoms with Gasteiger partial charge < -0.3 is 19.2 Å². The summed E-state index contributed by atoms with van der Waals surface area (Å²) < 4.78 is 15.8. The Bertz CT molecular complexity index is 1070. The summed E-state index contributed by atoms with van der Waals surface area (Å²) in [4.78, 5) is 36.4. The van der Waals surface area contributed by atoms with E-state index in [4.69, 9.17) is 13.9 Å². The van der Waals surface area contributed by atoms with Gasteiger partial charge in [-0.3, -0.25) is 4.79 Å². The highest BCUT2D eigenvalue weighted by Crippen LogP contribution is 2.21. The quantitative estimate of drug-likeness (QED) is 0.375. The molecule has 1 amide bonds. The summed E-state index contributed by atoms with van der Waals surface area (Å²) in [6.45, 7) is 3.52. The van der Waals surface area contributed by atoms with Crippen LogP contribution in [0.15, 0.2) is 63.8 Å². The molecule has 1 unspecified atom stereocenters. The maximum Gasteiger partial charge on any atom is 0.349 e. The van der Waals surface area contributed by atoms with Crippen molar-refractivity contribution in [3.8, 4) is 11.5 Å². The van der Waals surface area contributed by atoms with Gasteiger partial charge in [-0.1, -0.05) is 25.1 Å². The van der Waals surface area contributed by atoms with Crippen molar-refractivity contribution >= 4 is 22.8 Å². The minimum atomic E-state index is -0.755. The third-order valence-corrected chi connectivity index (χ3v) is 4.27. The summed E-state index contributed by atoms with van der Waals surface area (Å²) >= 11 is 0. The average molecular weight is 395 g/mol. The Hall–Kier alpha value is -3.61. The molecule has 0 radical (unpaired) electrons. The van der Waals surface area contributed by atoms with Gasteiger partial charge in [0, 0.05) is 17.5 Å². The van der Waals surface area contributed by atoms with Crippen LogP contribution in [0.4, 0.5) is 0 Å². The molecule has 29 heavy (non-hydrogen) atoms. The molecule has 1 aromatic heterocycles. The molecule has 2 aromatic carbocycles. The number of hydrogen-bond donors (Lipinski definition) is 1. The number of fused-ring (bicyclic) bond motifs is 1. The first-order valence-electron chi connectivity index (χ1n) is 9.23. The molecule has 1 atom stereocenters. The Labute approximate surface area is 167 Å². The smallest absolute Gasteiger partial charge is 0.349 e. The number of carbonyl (C=O) groups excluding carboxylic acids is 2. The lowest BCUT2D eigenvalue weighted by atomic mass is 10.1. The van der Waals surface area contributed by atoms with Crippen molar-refractivity contribution in [2.75, 3.05) is 6.61 Å². The van der Waals surface area contributed by atoms with E-state index in [9.17, 15) is 14.4 Å². The van der Waals surface area contributed by atoms with E-state index in [1.807, 2.05) is 19.9 Å². The highest BCUT2D eigenvalue weighted by atomic mass is 16.6. The van der Waals surface area contributed by atoms with Crippen LogP contribution in [-0.4, -0.2) is 24.5 Å². The molecule has 3 rings (SSSR count). The Kier molecular flexibility index (Phi) is 6.29. The van der Waals surface area contributed by atoms with Gasteiger partial charge in [0.15, 0.2) is 6.61 Å². The number of rotatable bonds is 7. The Morgan fingerprint density at radius 1 is 1.07 bits per heavy atom. The summed E-state index contributed by atoms with van der Waals surface area (Å²) in [7, 11) is 0.